The second-order valence-electron chi connectivity index (χ2n) is 5.40. The van der Waals surface area contributed by atoms with Gasteiger partial charge in [-0.25, -0.2) is 0 Å². The van der Waals surface area contributed by atoms with Gasteiger partial charge in [0, 0.05) is 13.1 Å². The van der Waals surface area contributed by atoms with Gasteiger partial charge in [-0.3, -0.25) is 4.90 Å². The lowest BCUT2D eigenvalue weighted by atomic mass is 9.95. The summed E-state index contributed by atoms with van der Waals surface area (Å²) in [4.78, 5) is 2.49. The first-order valence-electron chi connectivity index (χ1n) is 7.49. The first-order valence-corrected chi connectivity index (χ1v) is 7.49. The van der Waals surface area contributed by atoms with Gasteiger partial charge in [-0.05, 0) is 37.3 Å². The SMILES string of the molecule is CCCN1CC=CC(CC/C(=N/O)c2ccccc2)C1. The first kappa shape index (κ1) is 14.8. The Labute approximate surface area is 121 Å². The minimum Gasteiger partial charge on any atom is -0.411 e. The van der Waals surface area contributed by atoms with Crippen LogP contribution < -0.4 is 0 Å². The molecule has 2 rings (SSSR count). The molecule has 1 unspecified atom stereocenters. The number of oxime groups is 1. The molecular formula is C17H24N2O. The van der Waals surface area contributed by atoms with Crippen LogP contribution in [0.15, 0.2) is 47.6 Å². The molecular weight excluding hydrogens is 248 g/mol. The molecule has 0 aromatic heterocycles. The fraction of sp³-hybridized carbons (Fsp3) is 0.471. The van der Waals surface area contributed by atoms with Crippen molar-refractivity contribution >= 4 is 5.71 Å². The van der Waals surface area contributed by atoms with E-state index in [1.807, 2.05) is 30.3 Å². The Bertz CT molecular complexity index is 453. The van der Waals surface area contributed by atoms with Crippen molar-refractivity contribution in [2.75, 3.05) is 19.6 Å². The molecule has 3 nitrogen and oxygen atoms in total. The molecule has 0 saturated carbocycles. The summed E-state index contributed by atoms with van der Waals surface area (Å²) >= 11 is 0. The zero-order chi connectivity index (χ0) is 14.2. The third kappa shape index (κ3) is 4.20. The Kier molecular flexibility index (Phi) is 5.81. The van der Waals surface area contributed by atoms with Crippen molar-refractivity contribution < 1.29 is 5.21 Å². The van der Waals surface area contributed by atoms with Crippen LogP contribution in [0.1, 0.15) is 31.7 Å². The summed E-state index contributed by atoms with van der Waals surface area (Å²) in [7, 11) is 0. The molecule has 108 valence electrons. The quantitative estimate of drug-likeness (QED) is 0.372. The second-order valence-corrected chi connectivity index (χ2v) is 5.40. The summed E-state index contributed by atoms with van der Waals surface area (Å²) in [5.74, 6) is 0.566. The van der Waals surface area contributed by atoms with E-state index < -0.39 is 0 Å². The minimum atomic E-state index is 0.566. The molecule has 1 aromatic rings. The molecule has 1 atom stereocenters. The van der Waals surface area contributed by atoms with Crippen LogP contribution in [0.5, 0.6) is 0 Å². The zero-order valence-corrected chi connectivity index (χ0v) is 12.2. The van der Waals surface area contributed by atoms with Crippen molar-refractivity contribution in [2.45, 2.75) is 26.2 Å². The lowest BCUT2D eigenvalue weighted by Crippen LogP contribution is -2.33. The van der Waals surface area contributed by atoms with E-state index >= 15 is 0 Å². The highest BCUT2D eigenvalue weighted by atomic mass is 16.4. The van der Waals surface area contributed by atoms with Crippen molar-refractivity contribution in [1.29, 1.82) is 0 Å². The van der Waals surface area contributed by atoms with Crippen LogP contribution in [0.3, 0.4) is 0 Å². The summed E-state index contributed by atoms with van der Waals surface area (Å²) in [5, 5.41) is 12.7. The van der Waals surface area contributed by atoms with Crippen molar-refractivity contribution in [2.24, 2.45) is 11.1 Å². The van der Waals surface area contributed by atoms with Crippen LogP contribution in [0.4, 0.5) is 0 Å². The van der Waals surface area contributed by atoms with E-state index in [1.165, 1.54) is 13.0 Å². The smallest absolute Gasteiger partial charge is 0.0868 e. The average molecular weight is 272 g/mol. The van der Waals surface area contributed by atoms with Gasteiger partial charge in [-0.15, -0.1) is 0 Å². The largest absolute Gasteiger partial charge is 0.411 e. The van der Waals surface area contributed by atoms with Gasteiger partial charge in [0.2, 0.25) is 0 Å². The van der Waals surface area contributed by atoms with Crippen molar-refractivity contribution in [3.05, 3.63) is 48.0 Å². The number of hydrogen-bond donors (Lipinski definition) is 1. The number of benzene rings is 1. The highest BCUT2D eigenvalue weighted by molar-refractivity contribution is 6.00. The van der Waals surface area contributed by atoms with Crippen LogP contribution >= 0.6 is 0 Å². The lowest BCUT2D eigenvalue weighted by Gasteiger charge is -2.28. The fourth-order valence-corrected chi connectivity index (χ4v) is 2.76. The number of nitrogens with zero attached hydrogens (tertiary/aromatic N) is 2. The van der Waals surface area contributed by atoms with E-state index in [0.29, 0.717) is 5.92 Å². The van der Waals surface area contributed by atoms with E-state index in [-0.39, 0.29) is 0 Å². The standard InChI is InChI=1S/C17H24N2O/c1-2-12-19-13-6-7-15(14-19)10-11-17(18-20)16-8-4-3-5-9-16/h3-9,15,20H,2,10-14H2,1H3/b18-17-. The maximum atomic E-state index is 9.20. The molecule has 1 aliphatic heterocycles. The van der Waals surface area contributed by atoms with Gasteiger partial charge in [-0.1, -0.05) is 54.6 Å². The molecule has 0 radical (unpaired) electrons. The summed E-state index contributed by atoms with van der Waals surface area (Å²) < 4.78 is 0. The molecule has 1 heterocycles. The van der Waals surface area contributed by atoms with E-state index in [2.05, 4.69) is 29.1 Å². The third-order valence-corrected chi connectivity index (χ3v) is 3.78. The molecule has 0 aliphatic carbocycles. The molecule has 1 aliphatic rings. The second kappa shape index (κ2) is 7.85. The number of rotatable bonds is 6. The van der Waals surface area contributed by atoms with Gasteiger partial charge in [0.05, 0.1) is 5.71 Å². The Morgan fingerprint density at radius 3 is 2.85 bits per heavy atom. The predicted octanol–water partition coefficient (Wildman–Crippen LogP) is 3.54. The van der Waals surface area contributed by atoms with Gasteiger partial charge in [-0.2, -0.15) is 0 Å². The molecule has 0 saturated heterocycles. The zero-order valence-electron chi connectivity index (χ0n) is 12.2. The summed E-state index contributed by atoms with van der Waals surface area (Å²) in [6.07, 6.45) is 7.63. The first-order chi connectivity index (χ1) is 9.83. The van der Waals surface area contributed by atoms with E-state index in [4.69, 9.17) is 0 Å². The van der Waals surface area contributed by atoms with Gasteiger partial charge in [0.15, 0.2) is 0 Å². The summed E-state index contributed by atoms with van der Waals surface area (Å²) in [5.41, 5.74) is 1.80. The van der Waals surface area contributed by atoms with E-state index in [0.717, 1.165) is 37.2 Å². The average Bonchev–Trinajstić information content (AvgIpc) is 2.50. The molecule has 0 amide bonds. The van der Waals surface area contributed by atoms with Crippen LogP contribution in [-0.4, -0.2) is 35.5 Å². The van der Waals surface area contributed by atoms with Gasteiger partial charge in [0.25, 0.3) is 0 Å². The van der Waals surface area contributed by atoms with Gasteiger partial charge < -0.3 is 5.21 Å². The third-order valence-electron chi connectivity index (χ3n) is 3.78. The molecule has 1 aromatic carbocycles. The fourth-order valence-electron chi connectivity index (χ4n) is 2.76. The van der Waals surface area contributed by atoms with E-state index in [1.54, 1.807) is 0 Å². The molecule has 0 spiro atoms. The van der Waals surface area contributed by atoms with Crippen LogP contribution in [0.2, 0.25) is 0 Å². The highest BCUT2D eigenvalue weighted by Gasteiger charge is 2.16. The molecule has 20 heavy (non-hydrogen) atoms. The molecule has 3 heteroatoms. The van der Waals surface area contributed by atoms with Crippen LogP contribution in [-0.2, 0) is 0 Å². The van der Waals surface area contributed by atoms with Crippen LogP contribution in [0, 0.1) is 5.92 Å². The Morgan fingerprint density at radius 2 is 2.15 bits per heavy atom. The normalized spacial score (nSPS) is 20.2. The molecule has 0 bridgehead atoms. The monoisotopic (exact) mass is 272 g/mol. The predicted molar refractivity (Wildman–Crippen MR) is 83.4 cm³/mol. The molecule has 0 fully saturated rings. The van der Waals surface area contributed by atoms with Crippen molar-refractivity contribution in [3.8, 4) is 0 Å². The Balaban J connectivity index is 1.88. The number of hydrogen-bond acceptors (Lipinski definition) is 3. The Morgan fingerprint density at radius 1 is 1.35 bits per heavy atom. The van der Waals surface area contributed by atoms with E-state index in [9.17, 15) is 5.21 Å². The topological polar surface area (TPSA) is 35.8 Å². The highest BCUT2D eigenvalue weighted by Crippen LogP contribution is 2.17. The lowest BCUT2D eigenvalue weighted by molar-refractivity contribution is 0.254. The van der Waals surface area contributed by atoms with Gasteiger partial charge >= 0.3 is 0 Å². The van der Waals surface area contributed by atoms with Gasteiger partial charge in [0.1, 0.15) is 0 Å². The van der Waals surface area contributed by atoms with Crippen molar-refractivity contribution in [1.82, 2.24) is 4.90 Å². The van der Waals surface area contributed by atoms with Crippen LogP contribution in [0.25, 0.3) is 0 Å². The Hall–Kier alpha value is -1.61. The summed E-state index contributed by atoms with van der Waals surface area (Å²) in [6.45, 7) is 5.58. The summed E-state index contributed by atoms with van der Waals surface area (Å²) in [6, 6.07) is 9.92. The minimum absolute atomic E-state index is 0.566. The maximum Gasteiger partial charge on any atom is 0.0868 e. The molecule has 1 N–H and O–H groups in total. The van der Waals surface area contributed by atoms with Crippen molar-refractivity contribution in [3.63, 3.8) is 0 Å². The maximum absolute atomic E-state index is 9.20.